The largest absolute Gasteiger partial charge is 0.495 e. The number of aromatic nitrogens is 1. The average Bonchev–Trinajstić information content (AvgIpc) is 2.82. The van der Waals surface area contributed by atoms with Crippen LogP contribution in [0.15, 0.2) is 18.2 Å². The number of carbonyl (C=O) groups is 1. The van der Waals surface area contributed by atoms with E-state index in [0.29, 0.717) is 16.8 Å². The lowest BCUT2D eigenvalue weighted by atomic mass is 10.1. The van der Waals surface area contributed by atoms with Gasteiger partial charge in [-0.2, -0.15) is 0 Å². The first-order valence-corrected chi connectivity index (χ1v) is 8.43. The van der Waals surface area contributed by atoms with E-state index in [1.807, 2.05) is 32.9 Å². The third-order valence-electron chi connectivity index (χ3n) is 4.22. The molecule has 1 aromatic heterocycles. The van der Waals surface area contributed by atoms with Gasteiger partial charge in [0.15, 0.2) is 5.78 Å². The Morgan fingerprint density at radius 1 is 1.25 bits per heavy atom. The number of rotatable bonds is 6. The summed E-state index contributed by atoms with van der Waals surface area (Å²) in [6.07, 6.45) is 0. The lowest BCUT2D eigenvalue weighted by Crippen LogP contribution is -2.16. The van der Waals surface area contributed by atoms with Crippen molar-refractivity contribution in [1.82, 2.24) is 4.57 Å². The smallest absolute Gasteiger partial charge is 0.183 e. The van der Waals surface area contributed by atoms with Crippen LogP contribution in [0.2, 0.25) is 5.02 Å². The minimum atomic E-state index is 0.0599. The Labute approximate surface area is 148 Å². The number of halogens is 1. The third kappa shape index (κ3) is 3.59. The van der Waals surface area contributed by atoms with Crippen LogP contribution in [0.3, 0.4) is 0 Å². The molecule has 2 aromatic rings. The van der Waals surface area contributed by atoms with Crippen LogP contribution in [-0.4, -0.2) is 24.0 Å². The van der Waals surface area contributed by atoms with Crippen molar-refractivity contribution in [1.29, 1.82) is 0 Å². The number of ketones is 1. The molecular formula is C19H25ClN2O2. The predicted octanol–water partition coefficient (Wildman–Crippen LogP) is 4.95. The van der Waals surface area contributed by atoms with Gasteiger partial charge in [0, 0.05) is 34.1 Å². The normalized spacial score (nSPS) is 11.0. The van der Waals surface area contributed by atoms with Gasteiger partial charge in [-0.25, -0.2) is 0 Å². The maximum atomic E-state index is 12.6. The van der Waals surface area contributed by atoms with Crippen molar-refractivity contribution >= 4 is 23.1 Å². The van der Waals surface area contributed by atoms with Crippen LogP contribution in [-0.2, 0) is 0 Å². The van der Waals surface area contributed by atoms with Crippen LogP contribution in [0.5, 0.6) is 5.75 Å². The molecule has 1 heterocycles. The summed E-state index contributed by atoms with van der Waals surface area (Å²) >= 11 is 6.12. The van der Waals surface area contributed by atoms with Crippen molar-refractivity contribution in [2.24, 2.45) is 0 Å². The summed E-state index contributed by atoms with van der Waals surface area (Å²) in [5.41, 5.74) is 4.58. The Balaban J connectivity index is 2.20. The summed E-state index contributed by atoms with van der Waals surface area (Å²) in [7, 11) is 1.59. The highest BCUT2D eigenvalue weighted by Crippen LogP contribution is 2.31. The van der Waals surface area contributed by atoms with E-state index >= 15 is 0 Å². The first-order valence-electron chi connectivity index (χ1n) is 8.05. The molecule has 0 aliphatic rings. The predicted molar refractivity (Wildman–Crippen MR) is 99.9 cm³/mol. The fraction of sp³-hybridized carbons (Fsp3) is 0.421. The molecule has 1 N–H and O–H groups in total. The molecule has 5 heteroatoms. The van der Waals surface area contributed by atoms with Crippen molar-refractivity contribution in [2.45, 2.75) is 40.7 Å². The number of anilines is 1. The van der Waals surface area contributed by atoms with Crippen LogP contribution >= 0.6 is 11.6 Å². The molecule has 0 atom stereocenters. The zero-order chi connectivity index (χ0) is 18.0. The van der Waals surface area contributed by atoms with E-state index in [-0.39, 0.29) is 12.3 Å². The number of hydrogen-bond acceptors (Lipinski definition) is 3. The third-order valence-corrected chi connectivity index (χ3v) is 4.63. The van der Waals surface area contributed by atoms with E-state index in [1.54, 1.807) is 13.2 Å². The van der Waals surface area contributed by atoms with Gasteiger partial charge >= 0.3 is 0 Å². The molecule has 0 amide bonds. The number of aryl methyl sites for hydroxylation is 2. The van der Waals surface area contributed by atoms with E-state index in [0.717, 1.165) is 28.2 Å². The molecule has 0 fully saturated rings. The number of benzene rings is 1. The number of ether oxygens (including phenoxy) is 1. The standard InChI is InChI=1S/C19H25ClN2O2/c1-11(2)22-13(4)8-15(14(22)5)18(23)10-21-17-7-12(3)16(20)9-19(17)24-6/h7-9,11,21H,10H2,1-6H3. The van der Waals surface area contributed by atoms with Gasteiger partial charge in [0.05, 0.1) is 19.3 Å². The summed E-state index contributed by atoms with van der Waals surface area (Å²) in [5, 5.41) is 3.82. The summed E-state index contributed by atoms with van der Waals surface area (Å²) in [6.45, 7) is 10.4. The lowest BCUT2D eigenvalue weighted by Gasteiger charge is -2.14. The zero-order valence-corrected chi connectivity index (χ0v) is 15.9. The molecule has 1 aromatic carbocycles. The molecule has 0 spiro atoms. The zero-order valence-electron chi connectivity index (χ0n) is 15.2. The Hall–Kier alpha value is -1.94. The van der Waals surface area contributed by atoms with Gasteiger partial charge in [-0.05, 0) is 52.3 Å². The number of methoxy groups -OCH3 is 1. The van der Waals surface area contributed by atoms with Crippen LogP contribution in [0.1, 0.15) is 47.2 Å². The monoisotopic (exact) mass is 348 g/mol. The molecule has 0 unspecified atom stereocenters. The second-order valence-electron chi connectivity index (χ2n) is 6.33. The molecule has 0 aliphatic heterocycles. The number of nitrogens with one attached hydrogen (secondary N) is 1. The number of nitrogens with zero attached hydrogens (tertiary/aromatic N) is 1. The van der Waals surface area contributed by atoms with E-state index in [2.05, 4.69) is 23.7 Å². The van der Waals surface area contributed by atoms with Crippen molar-refractivity contribution in [3.8, 4) is 5.75 Å². The van der Waals surface area contributed by atoms with Gasteiger partial charge in [-0.15, -0.1) is 0 Å². The highest BCUT2D eigenvalue weighted by Gasteiger charge is 2.17. The maximum Gasteiger partial charge on any atom is 0.183 e. The molecule has 130 valence electrons. The molecule has 0 radical (unpaired) electrons. The Kier molecular flexibility index (Phi) is 5.60. The molecule has 2 rings (SSSR count). The van der Waals surface area contributed by atoms with E-state index in [9.17, 15) is 4.79 Å². The SMILES string of the molecule is COc1cc(Cl)c(C)cc1NCC(=O)c1cc(C)n(C(C)C)c1C. The Morgan fingerprint density at radius 2 is 1.92 bits per heavy atom. The number of carbonyl (C=O) groups excluding carboxylic acids is 1. The van der Waals surface area contributed by atoms with Gasteiger partial charge in [-0.1, -0.05) is 11.6 Å². The second-order valence-corrected chi connectivity index (χ2v) is 6.73. The van der Waals surface area contributed by atoms with Crippen molar-refractivity contribution in [3.63, 3.8) is 0 Å². The molecular weight excluding hydrogens is 324 g/mol. The fourth-order valence-corrected chi connectivity index (χ4v) is 3.25. The first kappa shape index (κ1) is 18.4. The van der Waals surface area contributed by atoms with E-state index in [4.69, 9.17) is 16.3 Å². The Morgan fingerprint density at radius 3 is 2.46 bits per heavy atom. The van der Waals surface area contributed by atoms with Crippen molar-refractivity contribution < 1.29 is 9.53 Å². The fourth-order valence-electron chi connectivity index (χ4n) is 3.10. The average molecular weight is 349 g/mol. The highest BCUT2D eigenvalue weighted by molar-refractivity contribution is 6.31. The van der Waals surface area contributed by atoms with Crippen LogP contribution in [0, 0.1) is 20.8 Å². The number of hydrogen-bond donors (Lipinski definition) is 1. The second kappa shape index (κ2) is 7.31. The molecule has 0 bridgehead atoms. The topological polar surface area (TPSA) is 43.3 Å². The highest BCUT2D eigenvalue weighted by atomic mass is 35.5. The molecule has 24 heavy (non-hydrogen) atoms. The Bertz CT molecular complexity index is 763. The summed E-state index contributed by atoms with van der Waals surface area (Å²) in [5.74, 6) is 0.690. The molecule has 0 saturated heterocycles. The van der Waals surface area contributed by atoms with Gasteiger partial charge in [0.2, 0.25) is 0 Å². The maximum absolute atomic E-state index is 12.6. The van der Waals surface area contributed by atoms with Crippen LogP contribution < -0.4 is 10.1 Å². The molecule has 4 nitrogen and oxygen atoms in total. The molecule has 0 saturated carbocycles. The van der Waals surface area contributed by atoms with Crippen molar-refractivity contribution in [3.05, 3.63) is 45.7 Å². The van der Waals surface area contributed by atoms with Crippen LogP contribution in [0.25, 0.3) is 0 Å². The summed E-state index contributed by atoms with van der Waals surface area (Å²) in [6, 6.07) is 5.95. The minimum absolute atomic E-state index is 0.0599. The van der Waals surface area contributed by atoms with Gasteiger partial charge < -0.3 is 14.6 Å². The minimum Gasteiger partial charge on any atom is -0.495 e. The van der Waals surface area contributed by atoms with Crippen LogP contribution in [0.4, 0.5) is 5.69 Å². The number of Topliss-reactive ketones (excluding diaryl/α,β-unsaturated/α-hetero) is 1. The van der Waals surface area contributed by atoms with Gasteiger partial charge in [0.1, 0.15) is 5.75 Å². The summed E-state index contributed by atoms with van der Waals surface area (Å²) in [4.78, 5) is 12.6. The van der Waals surface area contributed by atoms with Gasteiger partial charge in [-0.3, -0.25) is 4.79 Å². The quantitative estimate of drug-likeness (QED) is 0.751. The molecule has 0 aliphatic carbocycles. The first-order chi connectivity index (χ1) is 11.3. The van der Waals surface area contributed by atoms with Gasteiger partial charge in [0.25, 0.3) is 0 Å². The van der Waals surface area contributed by atoms with Crippen molar-refractivity contribution in [2.75, 3.05) is 19.0 Å². The lowest BCUT2D eigenvalue weighted by molar-refractivity contribution is 0.101. The van der Waals surface area contributed by atoms with E-state index < -0.39 is 0 Å². The summed E-state index contributed by atoms with van der Waals surface area (Å²) < 4.78 is 7.52. The van der Waals surface area contributed by atoms with E-state index in [1.165, 1.54) is 0 Å².